The van der Waals surface area contributed by atoms with Crippen LogP contribution in [-0.2, 0) is 10.0 Å². The van der Waals surface area contributed by atoms with Crippen LogP contribution >= 0.6 is 0 Å². The van der Waals surface area contributed by atoms with Crippen LogP contribution < -0.4 is 15.4 Å². The molecule has 1 atom stereocenters. The Bertz CT molecular complexity index is 543. The van der Waals surface area contributed by atoms with Crippen molar-refractivity contribution in [3.63, 3.8) is 0 Å². The summed E-state index contributed by atoms with van der Waals surface area (Å²) in [5, 5.41) is 5.74. The SMILES string of the molecule is CNC(C)CNC(=O)c1ccccc1NS(C)(=O)=O. The first-order valence-corrected chi connectivity index (χ1v) is 7.75. The van der Waals surface area contributed by atoms with E-state index in [2.05, 4.69) is 15.4 Å². The van der Waals surface area contributed by atoms with Crippen LogP contribution in [0.5, 0.6) is 0 Å². The van der Waals surface area contributed by atoms with Crippen LogP contribution in [0.2, 0.25) is 0 Å². The van der Waals surface area contributed by atoms with E-state index in [0.29, 0.717) is 12.1 Å². The minimum atomic E-state index is -3.41. The molecule has 3 N–H and O–H groups in total. The van der Waals surface area contributed by atoms with E-state index in [1.54, 1.807) is 31.3 Å². The number of anilines is 1. The Morgan fingerprint density at radius 1 is 1.32 bits per heavy atom. The second kappa shape index (κ2) is 6.53. The largest absolute Gasteiger partial charge is 0.350 e. The highest BCUT2D eigenvalue weighted by Gasteiger charge is 2.13. The van der Waals surface area contributed by atoms with Gasteiger partial charge in [-0.05, 0) is 26.1 Å². The van der Waals surface area contributed by atoms with E-state index >= 15 is 0 Å². The summed E-state index contributed by atoms with van der Waals surface area (Å²) in [4.78, 5) is 12.0. The van der Waals surface area contributed by atoms with Gasteiger partial charge in [0, 0.05) is 12.6 Å². The standard InChI is InChI=1S/C12H19N3O3S/c1-9(13-2)8-14-12(16)10-6-4-5-7-11(10)15-19(3,17)18/h4-7,9,13,15H,8H2,1-3H3,(H,14,16). The van der Waals surface area contributed by atoms with E-state index in [1.165, 1.54) is 0 Å². The van der Waals surface area contributed by atoms with Gasteiger partial charge in [-0.3, -0.25) is 9.52 Å². The van der Waals surface area contributed by atoms with Crippen molar-refractivity contribution in [1.82, 2.24) is 10.6 Å². The quantitative estimate of drug-likeness (QED) is 0.706. The molecule has 19 heavy (non-hydrogen) atoms. The topological polar surface area (TPSA) is 87.3 Å². The summed E-state index contributed by atoms with van der Waals surface area (Å²) < 4.78 is 24.8. The molecule has 106 valence electrons. The summed E-state index contributed by atoms with van der Waals surface area (Å²) in [6.07, 6.45) is 1.05. The van der Waals surface area contributed by atoms with Crippen LogP contribution in [0.3, 0.4) is 0 Å². The zero-order chi connectivity index (χ0) is 14.5. The molecule has 0 saturated heterocycles. The van der Waals surface area contributed by atoms with Crippen LogP contribution in [-0.4, -0.2) is 40.2 Å². The number of carbonyl (C=O) groups excluding carboxylic acids is 1. The average molecular weight is 285 g/mol. The molecule has 1 aromatic carbocycles. The van der Waals surface area contributed by atoms with Crippen LogP contribution in [0, 0.1) is 0 Å². The predicted octanol–water partition coefficient (Wildman–Crippen LogP) is 0.396. The third kappa shape index (κ3) is 5.27. The molecule has 0 heterocycles. The van der Waals surface area contributed by atoms with Gasteiger partial charge in [-0.1, -0.05) is 12.1 Å². The molecule has 0 saturated carbocycles. The monoisotopic (exact) mass is 285 g/mol. The zero-order valence-corrected chi connectivity index (χ0v) is 12.0. The summed E-state index contributed by atoms with van der Waals surface area (Å²) in [6.45, 7) is 2.39. The van der Waals surface area contributed by atoms with Gasteiger partial charge in [0.05, 0.1) is 17.5 Å². The van der Waals surface area contributed by atoms with E-state index in [0.717, 1.165) is 6.26 Å². The molecule has 0 radical (unpaired) electrons. The van der Waals surface area contributed by atoms with E-state index in [4.69, 9.17) is 0 Å². The molecule has 0 aliphatic rings. The van der Waals surface area contributed by atoms with Crippen LogP contribution in [0.1, 0.15) is 17.3 Å². The lowest BCUT2D eigenvalue weighted by molar-refractivity contribution is 0.0951. The van der Waals surface area contributed by atoms with Crippen LogP contribution in [0.4, 0.5) is 5.69 Å². The van der Waals surface area contributed by atoms with Gasteiger partial charge < -0.3 is 10.6 Å². The molecule has 0 aliphatic carbocycles. The van der Waals surface area contributed by atoms with Crippen molar-refractivity contribution in [2.24, 2.45) is 0 Å². The number of hydrogen-bond acceptors (Lipinski definition) is 4. The van der Waals surface area contributed by atoms with Crippen LogP contribution in [0.15, 0.2) is 24.3 Å². The first kappa shape index (κ1) is 15.5. The van der Waals surface area contributed by atoms with Gasteiger partial charge in [0.1, 0.15) is 0 Å². The molecule has 1 aromatic rings. The van der Waals surface area contributed by atoms with Gasteiger partial charge in [-0.15, -0.1) is 0 Å². The summed E-state index contributed by atoms with van der Waals surface area (Å²) in [5.74, 6) is -0.311. The molecule has 1 amide bonds. The lowest BCUT2D eigenvalue weighted by Gasteiger charge is -2.13. The fourth-order valence-corrected chi connectivity index (χ4v) is 1.99. The molecular weight excluding hydrogens is 266 g/mol. The highest BCUT2D eigenvalue weighted by Crippen LogP contribution is 2.15. The lowest BCUT2D eigenvalue weighted by atomic mass is 10.1. The minimum absolute atomic E-state index is 0.138. The number of sulfonamides is 1. The van der Waals surface area contributed by atoms with Gasteiger partial charge in [0.2, 0.25) is 10.0 Å². The Hall–Kier alpha value is -1.60. The Kier molecular flexibility index (Phi) is 5.31. The van der Waals surface area contributed by atoms with E-state index in [9.17, 15) is 13.2 Å². The number of rotatable bonds is 6. The fourth-order valence-electron chi connectivity index (χ4n) is 1.41. The minimum Gasteiger partial charge on any atom is -0.350 e. The third-order valence-corrected chi connectivity index (χ3v) is 3.12. The van der Waals surface area contributed by atoms with Gasteiger partial charge in [0.15, 0.2) is 0 Å². The summed E-state index contributed by atoms with van der Waals surface area (Å²) >= 11 is 0. The highest BCUT2D eigenvalue weighted by atomic mass is 32.2. The molecule has 7 heteroatoms. The first-order valence-electron chi connectivity index (χ1n) is 5.86. The Labute approximate surface area is 113 Å². The summed E-state index contributed by atoms with van der Waals surface area (Å²) in [6, 6.07) is 6.62. The molecule has 0 spiro atoms. The summed E-state index contributed by atoms with van der Waals surface area (Å²) in [5.41, 5.74) is 0.579. The van der Waals surface area contributed by atoms with E-state index < -0.39 is 10.0 Å². The third-order valence-electron chi connectivity index (χ3n) is 2.53. The van der Waals surface area contributed by atoms with Crippen molar-refractivity contribution in [3.05, 3.63) is 29.8 Å². The molecule has 1 rings (SSSR count). The molecule has 0 fully saturated rings. The molecule has 0 aliphatic heterocycles. The van der Waals surface area contributed by atoms with Crippen molar-refractivity contribution < 1.29 is 13.2 Å². The number of nitrogens with one attached hydrogen (secondary N) is 3. The van der Waals surface area contributed by atoms with Crippen molar-refractivity contribution in [2.45, 2.75) is 13.0 Å². The van der Waals surface area contributed by atoms with Crippen molar-refractivity contribution in [2.75, 3.05) is 24.6 Å². The van der Waals surface area contributed by atoms with Gasteiger partial charge in [-0.2, -0.15) is 0 Å². The number of hydrogen-bond donors (Lipinski definition) is 3. The number of amides is 1. The van der Waals surface area contributed by atoms with Crippen molar-refractivity contribution in [3.8, 4) is 0 Å². The first-order chi connectivity index (χ1) is 8.83. The van der Waals surface area contributed by atoms with E-state index in [1.807, 2.05) is 6.92 Å². The second-order valence-electron chi connectivity index (χ2n) is 4.32. The second-order valence-corrected chi connectivity index (χ2v) is 6.07. The van der Waals surface area contributed by atoms with Gasteiger partial charge in [0.25, 0.3) is 5.91 Å². The molecule has 1 unspecified atom stereocenters. The Morgan fingerprint density at radius 2 is 1.95 bits per heavy atom. The number of para-hydroxylation sites is 1. The number of likely N-dealkylation sites (N-methyl/N-ethyl adjacent to an activating group) is 1. The molecule has 0 bridgehead atoms. The fraction of sp³-hybridized carbons (Fsp3) is 0.417. The normalized spacial score (nSPS) is 12.8. The average Bonchev–Trinajstić information content (AvgIpc) is 2.34. The lowest BCUT2D eigenvalue weighted by Crippen LogP contribution is -2.37. The van der Waals surface area contributed by atoms with Crippen molar-refractivity contribution >= 4 is 21.6 Å². The molecule has 0 aromatic heterocycles. The number of carbonyl (C=O) groups is 1. The van der Waals surface area contributed by atoms with E-state index in [-0.39, 0.29) is 17.6 Å². The van der Waals surface area contributed by atoms with Gasteiger partial charge in [-0.25, -0.2) is 8.42 Å². The highest BCUT2D eigenvalue weighted by molar-refractivity contribution is 7.92. The van der Waals surface area contributed by atoms with Crippen LogP contribution in [0.25, 0.3) is 0 Å². The maximum Gasteiger partial charge on any atom is 0.253 e. The molecular formula is C12H19N3O3S. The summed E-state index contributed by atoms with van der Waals surface area (Å²) in [7, 11) is -1.61. The Morgan fingerprint density at radius 3 is 2.53 bits per heavy atom. The Balaban J connectivity index is 2.85. The maximum absolute atomic E-state index is 12.0. The smallest absolute Gasteiger partial charge is 0.253 e. The number of benzene rings is 1. The van der Waals surface area contributed by atoms with Crippen molar-refractivity contribution in [1.29, 1.82) is 0 Å². The maximum atomic E-state index is 12.0. The van der Waals surface area contributed by atoms with Gasteiger partial charge >= 0.3 is 0 Å². The zero-order valence-electron chi connectivity index (χ0n) is 11.2. The predicted molar refractivity (Wildman–Crippen MR) is 75.8 cm³/mol. The molecule has 6 nitrogen and oxygen atoms in total.